The van der Waals surface area contributed by atoms with E-state index in [1.807, 2.05) is 0 Å². The molecule has 3 rings (SSSR count). The Hall–Kier alpha value is -2.09. The highest BCUT2D eigenvalue weighted by molar-refractivity contribution is 9.10. The SMILES string of the molecule is C[C@H]1COc2c(Br)c(F)cc3c(O)c(C(=O)O)c(=O)n1c23. The Labute approximate surface area is 125 Å². The Morgan fingerprint density at radius 2 is 2.24 bits per heavy atom. The molecule has 1 aliphatic rings. The van der Waals surface area contributed by atoms with Crippen molar-refractivity contribution < 1.29 is 24.1 Å². The fraction of sp³-hybridized carbons (Fsp3) is 0.231. The zero-order valence-electron chi connectivity index (χ0n) is 10.7. The van der Waals surface area contributed by atoms with Crippen LogP contribution >= 0.6 is 15.9 Å². The predicted molar refractivity (Wildman–Crippen MR) is 74.7 cm³/mol. The maximum absolute atomic E-state index is 13.9. The molecule has 0 unspecified atom stereocenters. The topological polar surface area (TPSA) is 88.8 Å². The highest BCUT2D eigenvalue weighted by atomic mass is 79.9. The molecule has 6 nitrogen and oxygen atoms in total. The van der Waals surface area contributed by atoms with E-state index in [0.29, 0.717) is 0 Å². The Morgan fingerprint density at radius 1 is 1.57 bits per heavy atom. The number of hydrogen-bond donors (Lipinski definition) is 2. The highest BCUT2D eigenvalue weighted by Gasteiger charge is 2.30. The van der Waals surface area contributed by atoms with Gasteiger partial charge in [-0.05, 0) is 28.9 Å². The van der Waals surface area contributed by atoms with Gasteiger partial charge in [0.2, 0.25) is 0 Å². The molecule has 110 valence electrons. The number of pyridine rings is 1. The van der Waals surface area contributed by atoms with E-state index in [-0.39, 0.29) is 27.7 Å². The van der Waals surface area contributed by atoms with E-state index in [4.69, 9.17) is 9.84 Å². The number of halogens is 2. The summed E-state index contributed by atoms with van der Waals surface area (Å²) in [6.07, 6.45) is 0. The number of benzene rings is 1. The molecule has 0 bridgehead atoms. The van der Waals surface area contributed by atoms with Crippen molar-refractivity contribution in [2.75, 3.05) is 6.61 Å². The van der Waals surface area contributed by atoms with Crippen molar-refractivity contribution in [1.29, 1.82) is 0 Å². The number of rotatable bonds is 1. The zero-order chi connectivity index (χ0) is 15.5. The van der Waals surface area contributed by atoms with Gasteiger partial charge in [-0.15, -0.1) is 0 Å². The minimum absolute atomic E-state index is 0.0255. The van der Waals surface area contributed by atoms with Crippen LogP contribution in [0.4, 0.5) is 4.39 Å². The molecular formula is C13H9BrFNO5. The molecule has 1 aliphatic heterocycles. The molecule has 8 heteroatoms. The molecule has 0 amide bonds. The molecule has 21 heavy (non-hydrogen) atoms. The monoisotopic (exact) mass is 357 g/mol. The van der Waals surface area contributed by atoms with E-state index in [9.17, 15) is 19.1 Å². The highest BCUT2D eigenvalue weighted by Crippen LogP contribution is 2.42. The van der Waals surface area contributed by atoms with E-state index in [2.05, 4.69) is 15.9 Å². The van der Waals surface area contributed by atoms with Gasteiger partial charge in [-0.3, -0.25) is 9.36 Å². The summed E-state index contributed by atoms with van der Waals surface area (Å²) in [4.78, 5) is 23.5. The molecule has 2 aromatic rings. The summed E-state index contributed by atoms with van der Waals surface area (Å²) in [6.45, 7) is 1.76. The van der Waals surface area contributed by atoms with Crippen LogP contribution in [0.15, 0.2) is 15.3 Å². The number of nitrogens with zero attached hydrogens (tertiary/aromatic N) is 1. The molecule has 0 spiro atoms. The number of aromatic nitrogens is 1. The molecule has 1 aromatic carbocycles. The number of aromatic hydroxyl groups is 1. The van der Waals surface area contributed by atoms with Crippen molar-refractivity contribution in [1.82, 2.24) is 4.57 Å². The van der Waals surface area contributed by atoms with Crippen molar-refractivity contribution in [2.45, 2.75) is 13.0 Å². The third kappa shape index (κ3) is 1.75. The van der Waals surface area contributed by atoms with Gasteiger partial charge in [0.25, 0.3) is 5.56 Å². The number of carboxylic acid groups (broad SMARTS) is 1. The average molecular weight is 358 g/mol. The first-order valence-electron chi connectivity index (χ1n) is 5.99. The molecule has 2 heterocycles. The summed E-state index contributed by atoms with van der Waals surface area (Å²) in [6, 6.07) is 0.533. The normalized spacial score (nSPS) is 16.8. The average Bonchev–Trinajstić information content (AvgIpc) is 2.40. The van der Waals surface area contributed by atoms with Gasteiger partial charge in [-0.1, -0.05) is 0 Å². The summed E-state index contributed by atoms with van der Waals surface area (Å²) < 4.78 is 20.5. The Balaban J connectivity index is 2.64. The molecule has 2 N–H and O–H groups in total. The quantitative estimate of drug-likeness (QED) is 0.817. The van der Waals surface area contributed by atoms with Crippen molar-refractivity contribution in [3.05, 3.63) is 32.3 Å². The van der Waals surface area contributed by atoms with Gasteiger partial charge in [0.05, 0.1) is 16.0 Å². The first-order valence-corrected chi connectivity index (χ1v) is 6.79. The molecule has 0 saturated carbocycles. The van der Waals surface area contributed by atoms with Crippen LogP contribution in [-0.4, -0.2) is 27.4 Å². The Kier molecular flexibility index (Phi) is 2.94. The fourth-order valence-corrected chi connectivity index (χ4v) is 2.91. The van der Waals surface area contributed by atoms with E-state index in [0.717, 1.165) is 6.07 Å². The minimum Gasteiger partial charge on any atom is -0.506 e. The molecule has 1 aromatic heterocycles. The van der Waals surface area contributed by atoms with Crippen LogP contribution < -0.4 is 10.3 Å². The third-order valence-corrected chi connectivity index (χ3v) is 4.18. The first-order chi connectivity index (χ1) is 9.84. The lowest BCUT2D eigenvalue weighted by atomic mass is 10.1. The largest absolute Gasteiger partial charge is 0.506 e. The number of hydrogen-bond acceptors (Lipinski definition) is 4. The van der Waals surface area contributed by atoms with Crippen LogP contribution in [0.2, 0.25) is 0 Å². The van der Waals surface area contributed by atoms with E-state index < -0.39 is 34.7 Å². The lowest BCUT2D eigenvalue weighted by molar-refractivity contribution is 0.0690. The molecular weight excluding hydrogens is 349 g/mol. The fourth-order valence-electron chi connectivity index (χ4n) is 2.49. The number of ether oxygens (including phenoxy) is 1. The zero-order valence-corrected chi connectivity index (χ0v) is 12.3. The van der Waals surface area contributed by atoms with Gasteiger partial charge >= 0.3 is 5.97 Å². The molecule has 0 saturated heterocycles. The Morgan fingerprint density at radius 3 is 2.86 bits per heavy atom. The summed E-state index contributed by atoms with van der Waals surface area (Å²) in [5, 5.41) is 19.1. The molecule has 0 aliphatic carbocycles. The van der Waals surface area contributed by atoms with Gasteiger partial charge in [-0.2, -0.15) is 0 Å². The second kappa shape index (κ2) is 4.45. The molecule has 0 fully saturated rings. The summed E-state index contributed by atoms with van der Waals surface area (Å²) in [7, 11) is 0. The number of carboxylic acids is 1. The predicted octanol–water partition coefficient (Wildman–Crippen LogP) is 2.26. The van der Waals surface area contributed by atoms with Gasteiger partial charge in [-0.25, -0.2) is 9.18 Å². The van der Waals surface area contributed by atoms with Crippen molar-refractivity contribution in [2.24, 2.45) is 0 Å². The lowest BCUT2D eigenvalue weighted by Crippen LogP contribution is -2.34. The molecule has 0 radical (unpaired) electrons. The standard InChI is InChI=1S/C13H9BrFNO5/c1-4-3-21-11-8(14)6(15)2-5-9(11)16(4)12(18)7(10(5)17)13(19)20/h2,4,17H,3H2,1H3,(H,19,20)/t4-/m0/s1. The van der Waals surface area contributed by atoms with Crippen molar-refractivity contribution >= 4 is 32.8 Å². The first kappa shape index (κ1) is 13.9. The lowest BCUT2D eigenvalue weighted by Gasteiger charge is -2.27. The van der Waals surface area contributed by atoms with Gasteiger partial charge < -0.3 is 14.9 Å². The van der Waals surface area contributed by atoms with Gasteiger partial charge in [0, 0.05) is 5.39 Å². The second-order valence-electron chi connectivity index (χ2n) is 4.76. The van der Waals surface area contributed by atoms with Crippen LogP contribution in [0.5, 0.6) is 11.5 Å². The van der Waals surface area contributed by atoms with E-state index in [1.165, 1.54) is 4.57 Å². The van der Waals surface area contributed by atoms with Gasteiger partial charge in [0.15, 0.2) is 11.3 Å². The van der Waals surface area contributed by atoms with Gasteiger partial charge in [0.1, 0.15) is 18.2 Å². The van der Waals surface area contributed by atoms with Crippen molar-refractivity contribution in [3.63, 3.8) is 0 Å². The van der Waals surface area contributed by atoms with Crippen LogP contribution in [0, 0.1) is 5.82 Å². The third-order valence-electron chi connectivity index (χ3n) is 3.44. The van der Waals surface area contributed by atoms with Crippen LogP contribution in [-0.2, 0) is 0 Å². The van der Waals surface area contributed by atoms with Crippen LogP contribution in [0.25, 0.3) is 10.9 Å². The van der Waals surface area contributed by atoms with E-state index >= 15 is 0 Å². The minimum atomic E-state index is -1.56. The van der Waals surface area contributed by atoms with Crippen LogP contribution in [0.1, 0.15) is 23.3 Å². The summed E-state index contributed by atoms with van der Waals surface area (Å²) >= 11 is 3.03. The smallest absolute Gasteiger partial charge is 0.345 e. The molecule has 1 atom stereocenters. The summed E-state index contributed by atoms with van der Waals surface area (Å²) in [5.41, 5.74) is -1.44. The van der Waals surface area contributed by atoms with Crippen molar-refractivity contribution in [3.8, 4) is 11.5 Å². The number of aromatic carboxylic acids is 1. The second-order valence-corrected chi connectivity index (χ2v) is 5.55. The van der Waals surface area contributed by atoms with E-state index in [1.54, 1.807) is 6.92 Å². The summed E-state index contributed by atoms with van der Waals surface area (Å²) in [5.74, 6) is -2.97. The number of carbonyl (C=O) groups is 1. The maximum Gasteiger partial charge on any atom is 0.345 e. The Bertz CT molecular complexity index is 860. The maximum atomic E-state index is 13.9. The van der Waals surface area contributed by atoms with Crippen LogP contribution in [0.3, 0.4) is 0 Å².